The van der Waals surface area contributed by atoms with Crippen molar-refractivity contribution in [2.75, 3.05) is 0 Å². The summed E-state index contributed by atoms with van der Waals surface area (Å²) in [5.74, 6) is 1.33. The van der Waals surface area contributed by atoms with Gasteiger partial charge in [0.1, 0.15) is 11.5 Å². The summed E-state index contributed by atoms with van der Waals surface area (Å²) in [5, 5.41) is 18.3. The number of aliphatic hydroxyl groups excluding tert-OH is 1. The molecule has 4 heteroatoms. The van der Waals surface area contributed by atoms with E-state index in [4.69, 9.17) is 10.00 Å². The van der Waals surface area contributed by atoms with Crippen LogP contribution in [0.4, 0.5) is 0 Å². The summed E-state index contributed by atoms with van der Waals surface area (Å²) in [6.07, 6.45) is 0. The highest BCUT2D eigenvalue weighted by Gasteiger charge is 2.11. The summed E-state index contributed by atoms with van der Waals surface area (Å²) in [5.41, 5.74) is 3.12. The predicted octanol–water partition coefficient (Wildman–Crippen LogP) is 4.22. The van der Waals surface area contributed by atoms with Gasteiger partial charge in [-0.15, -0.1) is 0 Å². The third-order valence-electron chi connectivity index (χ3n) is 3.00. The minimum absolute atomic E-state index is 0.0863. The summed E-state index contributed by atoms with van der Waals surface area (Å²) in [6.45, 7) is 3.72. The van der Waals surface area contributed by atoms with Gasteiger partial charge in [0.25, 0.3) is 0 Å². The van der Waals surface area contributed by atoms with Crippen LogP contribution in [0.5, 0.6) is 11.5 Å². The van der Waals surface area contributed by atoms with E-state index in [0.717, 1.165) is 26.9 Å². The molecular formula is C16H14BrNO2. The quantitative estimate of drug-likeness (QED) is 0.915. The fourth-order valence-corrected chi connectivity index (χ4v) is 2.38. The first-order valence-electron chi connectivity index (χ1n) is 6.13. The van der Waals surface area contributed by atoms with E-state index < -0.39 is 0 Å². The smallest absolute Gasteiger partial charge is 0.134 e. The van der Waals surface area contributed by atoms with Crippen molar-refractivity contribution in [3.05, 3.63) is 57.1 Å². The average molecular weight is 332 g/mol. The molecular weight excluding hydrogens is 318 g/mol. The molecule has 0 bridgehead atoms. The van der Waals surface area contributed by atoms with Crippen LogP contribution in [0.1, 0.15) is 22.3 Å². The molecule has 0 atom stereocenters. The first-order chi connectivity index (χ1) is 9.55. The lowest BCUT2D eigenvalue weighted by molar-refractivity contribution is 0.276. The largest absolute Gasteiger partial charge is 0.456 e. The molecule has 0 aromatic heterocycles. The highest BCUT2D eigenvalue weighted by molar-refractivity contribution is 9.10. The molecule has 2 aromatic carbocycles. The lowest BCUT2D eigenvalue weighted by Crippen LogP contribution is -1.96. The summed E-state index contributed by atoms with van der Waals surface area (Å²) < 4.78 is 6.83. The van der Waals surface area contributed by atoms with Crippen molar-refractivity contribution in [3.8, 4) is 17.6 Å². The fraction of sp³-hybridized carbons (Fsp3) is 0.188. The minimum atomic E-state index is -0.0863. The number of aryl methyl sites for hydroxylation is 2. The Bertz CT molecular complexity index is 666. The van der Waals surface area contributed by atoms with Gasteiger partial charge in [0, 0.05) is 10.0 Å². The van der Waals surface area contributed by atoms with Crippen LogP contribution in [0, 0.1) is 25.2 Å². The SMILES string of the molecule is Cc1cc(C#N)cc(C)c1Oc1cc(Br)ccc1CO. The number of rotatable bonds is 3. The highest BCUT2D eigenvalue weighted by Crippen LogP contribution is 2.33. The molecule has 0 radical (unpaired) electrons. The van der Waals surface area contributed by atoms with Gasteiger partial charge in [0.15, 0.2) is 0 Å². The number of nitrogens with zero attached hydrogens (tertiary/aromatic N) is 1. The maximum atomic E-state index is 9.37. The lowest BCUT2D eigenvalue weighted by atomic mass is 10.1. The van der Waals surface area contributed by atoms with Crippen molar-refractivity contribution in [1.29, 1.82) is 5.26 Å². The number of benzene rings is 2. The fourth-order valence-electron chi connectivity index (χ4n) is 2.04. The normalized spacial score (nSPS) is 10.2. The first-order valence-corrected chi connectivity index (χ1v) is 6.93. The van der Waals surface area contributed by atoms with E-state index in [-0.39, 0.29) is 6.61 Å². The number of ether oxygens (including phenoxy) is 1. The van der Waals surface area contributed by atoms with Crippen molar-refractivity contribution in [3.63, 3.8) is 0 Å². The molecule has 2 rings (SSSR count). The Labute approximate surface area is 126 Å². The molecule has 0 unspecified atom stereocenters. The van der Waals surface area contributed by atoms with Crippen molar-refractivity contribution < 1.29 is 9.84 Å². The van der Waals surface area contributed by atoms with E-state index in [1.54, 1.807) is 12.1 Å². The Balaban J connectivity index is 2.45. The van der Waals surface area contributed by atoms with E-state index in [1.807, 2.05) is 32.0 Å². The van der Waals surface area contributed by atoms with Gasteiger partial charge < -0.3 is 9.84 Å². The van der Waals surface area contributed by atoms with Gasteiger partial charge in [-0.3, -0.25) is 0 Å². The molecule has 20 heavy (non-hydrogen) atoms. The monoisotopic (exact) mass is 331 g/mol. The number of hydrogen-bond acceptors (Lipinski definition) is 3. The second-order valence-electron chi connectivity index (χ2n) is 4.56. The average Bonchev–Trinajstić information content (AvgIpc) is 2.42. The van der Waals surface area contributed by atoms with Crippen LogP contribution in [0.3, 0.4) is 0 Å². The van der Waals surface area contributed by atoms with Crippen molar-refractivity contribution in [2.45, 2.75) is 20.5 Å². The highest BCUT2D eigenvalue weighted by atomic mass is 79.9. The first kappa shape index (κ1) is 14.6. The predicted molar refractivity (Wildman–Crippen MR) is 80.8 cm³/mol. The zero-order valence-corrected chi connectivity index (χ0v) is 12.9. The van der Waals surface area contributed by atoms with Crippen molar-refractivity contribution in [2.24, 2.45) is 0 Å². The summed E-state index contributed by atoms with van der Waals surface area (Å²) in [6, 6.07) is 11.2. The molecule has 0 saturated carbocycles. The number of nitriles is 1. The Morgan fingerprint density at radius 2 is 1.85 bits per heavy atom. The molecule has 2 aromatic rings. The molecule has 0 amide bonds. The Morgan fingerprint density at radius 3 is 2.40 bits per heavy atom. The van der Waals surface area contributed by atoms with E-state index >= 15 is 0 Å². The maximum absolute atomic E-state index is 9.37. The molecule has 0 aliphatic heterocycles. The van der Waals surface area contributed by atoms with Gasteiger partial charge in [0.2, 0.25) is 0 Å². The number of hydrogen-bond donors (Lipinski definition) is 1. The minimum Gasteiger partial charge on any atom is -0.456 e. The van der Waals surface area contributed by atoms with Gasteiger partial charge in [0.05, 0.1) is 18.2 Å². The summed E-state index contributed by atoms with van der Waals surface area (Å²) in [4.78, 5) is 0. The standard InChI is InChI=1S/C16H14BrNO2/c1-10-5-12(8-18)6-11(2)16(10)20-15-7-14(17)4-3-13(15)9-19/h3-7,19H,9H2,1-2H3. The van der Waals surface area contributed by atoms with Crippen LogP contribution in [0.25, 0.3) is 0 Å². The molecule has 0 heterocycles. The topological polar surface area (TPSA) is 53.2 Å². The molecule has 0 spiro atoms. The summed E-state index contributed by atoms with van der Waals surface area (Å²) >= 11 is 3.39. The molecule has 0 saturated heterocycles. The Hall–Kier alpha value is -1.83. The van der Waals surface area contributed by atoms with E-state index in [2.05, 4.69) is 22.0 Å². The molecule has 0 aliphatic rings. The van der Waals surface area contributed by atoms with Crippen LogP contribution < -0.4 is 4.74 Å². The van der Waals surface area contributed by atoms with Crippen LogP contribution >= 0.6 is 15.9 Å². The van der Waals surface area contributed by atoms with E-state index in [9.17, 15) is 5.11 Å². The number of halogens is 1. The van der Waals surface area contributed by atoms with Gasteiger partial charge in [-0.2, -0.15) is 5.26 Å². The second kappa shape index (κ2) is 6.08. The Morgan fingerprint density at radius 1 is 1.20 bits per heavy atom. The van der Waals surface area contributed by atoms with Crippen LogP contribution in [0.15, 0.2) is 34.8 Å². The zero-order chi connectivity index (χ0) is 14.7. The third-order valence-corrected chi connectivity index (χ3v) is 3.49. The summed E-state index contributed by atoms with van der Waals surface area (Å²) in [7, 11) is 0. The molecule has 102 valence electrons. The van der Waals surface area contributed by atoms with E-state index in [1.165, 1.54) is 0 Å². The molecule has 0 aliphatic carbocycles. The zero-order valence-electron chi connectivity index (χ0n) is 11.3. The number of aliphatic hydroxyl groups is 1. The Kier molecular flexibility index (Phi) is 4.43. The van der Waals surface area contributed by atoms with Crippen molar-refractivity contribution >= 4 is 15.9 Å². The molecule has 0 fully saturated rings. The molecule has 1 N–H and O–H groups in total. The lowest BCUT2D eigenvalue weighted by Gasteiger charge is -2.15. The van der Waals surface area contributed by atoms with Gasteiger partial charge >= 0.3 is 0 Å². The third kappa shape index (κ3) is 3.01. The van der Waals surface area contributed by atoms with Crippen LogP contribution in [-0.2, 0) is 6.61 Å². The second-order valence-corrected chi connectivity index (χ2v) is 5.48. The maximum Gasteiger partial charge on any atom is 0.134 e. The molecule has 3 nitrogen and oxygen atoms in total. The van der Waals surface area contributed by atoms with Gasteiger partial charge in [-0.1, -0.05) is 22.0 Å². The van der Waals surface area contributed by atoms with Gasteiger partial charge in [-0.05, 0) is 49.2 Å². The van der Waals surface area contributed by atoms with Crippen LogP contribution in [0.2, 0.25) is 0 Å². The van der Waals surface area contributed by atoms with Gasteiger partial charge in [-0.25, -0.2) is 0 Å². The van der Waals surface area contributed by atoms with E-state index in [0.29, 0.717) is 11.3 Å². The van der Waals surface area contributed by atoms with Crippen molar-refractivity contribution in [1.82, 2.24) is 0 Å². The van der Waals surface area contributed by atoms with Crippen LogP contribution in [-0.4, -0.2) is 5.11 Å².